The van der Waals surface area contributed by atoms with Crippen molar-refractivity contribution in [3.8, 4) is 55.8 Å². The predicted octanol–water partition coefficient (Wildman–Crippen LogP) is 14.2. The van der Waals surface area contributed by atoms with Gasteiger partial charge in [0.15, 0.2) is 0 Å². The molecule has 2 heteroatoms. The fourth-order valence-corrected chi connectivity index (χ4v) is 7.05. The van der Waals surface area contributed by atoms with Gasteiger partial charge in [0, 0.05) is 28.0 Å². The zero-order valence-electron chi connectivity index (χ0n) is 28.6. The lowest BCUT2D eigenvalue weighted by Crippen LogP contribution is -2.10. The molecule has 0 fully saturated rings. The summed E-state index contributed by atoms with van der Waals surface area (Å²) in [4.78, 5) is 2.34. The summed E-state index contributed by atoms with van der Waals surface area (Å²) in [7, 11) is 0. The van der Waals surface area contributed by atoms with Crippen molar-refractivity contribution in [1.29, 1.82) is 0 Å². The molecular weight excluding hydrogens is 631 g/mol. The molecule has 0 aliphatic heterocycles. The van der Waals surface area contributed by atoms with Crippen molar-refractivity contribution in [3.05, 3.63) is 212 Å². The Morgan fingerprint density at radius 2 is 0.769 bits per heavy atom. The van der Waals surface area contributed by atoms with Gasteiger partial charge in [-0.2, -0.15) is 0 Å². The summed E-state index contributed by atoms with van der Waals surface area (Å²) >= 11 is 0. The SMILES string of the molecule is c1ccc(-c2ccc(N(c3ccc(-c4ccc(-c5ccccc5)c(-c5cc6ccccc6o5)c4)cc3)c3cccc(-c4ccccc4)c3)cc2)cc1. The van der Waals surface area contributed by atoms with Crippen LogP contribution >= 0.6 is 0 Å². The minimum Gasteiger partial charge on any atom is -0.456 e. The van der Waals surface area contributed by atoms with E-state index in [2.05, 4.69) is 205 Å². The van der Waals surface area contributed by atoms with E-state index in [1.807, 2.05) is 12.1 Å². The lowest BCUT2D eigenvalue weighted by atomic mass is 9.93. The topological polar surface area (TPSA) is 16.4 Å². The molecule has 2 nitrogen and oxygen atoms in total. The summed E-state index contributed by atoms with van der Waals surface area (Å²) in [5, 5.41) is 1.10. The van der Waals surface area contributed by atoms with E-state index in [9.17, 15) is 0 Å². The smallest absolute Gasteiger partial charge is 0.136 e. The number of anilines is 3. The normalized spacial score (nSPS) is 11.1. The van der Waals surface area contributed by atoms with Crippen LogP contribution in [0.5, 0.6) is 0 Å². The molecule has 1 heterocycles. The second-order valence-electron chi connectivity index (χ2n) is 13.0. The first kappa shape index (κ1) is 31.1. The summed E-state index contributed by atoms with van der Waals surface area (Å²) in [5.41, 5.74) is 14.6. The van der Waals surface area contributed by atoms with Gasteiger partial charge in [-0.05, 0) is 99.1 Å². The van der Waals surface area contributed by atoms with Gasteiger partial charge in [0.2, 0.25) is 0 Å². The van der Waals surface area contributed by atoms with Crippen LogP contribution in [-0.2, 0) is 0 Å². The van der Waals surface area contributed by atoms with Crippen molar-refractivity contribution in [3.63, 3.8) is 0 Å². The summed E-state index contributed by atoms with van der Waals surface area (Å²) in [5.74, 6) is 0.863. The third kappa shape index (κ3) is 6.19. The molecule has 0 unspecified atom stereocenters. The first-order valence-corrected chi connectivity index (χ1v) is 17.7. The maximum absolute atomic E-state index is 6.43. The number of para-hydroxylation sites is 1. The van der Waals surface area contributed by atoms with E-state index in [0.29, 0.717) is 0 Å². The number of furan rings is 1. The average molecular weight is 666 g/mol. The molecule has 0 amide bonds. The fraction of sp³-hybridized carbons (Fsp3) is 0. The molecule has 0 atom stereocenters. The number of rotatable bonds is 8. The van der Waals surface area contributed by atoms with Gasteiger partial charge in [-0.25, -0.2) is 0 Å². The highest BCUT2D eigenvalue weighted by atomic mass is 16.3. The Morgan fingerprint density at radius 3 is 1.40 bits per heavy atom. The van der Waals surface area contributed by atoms with E-state index in [1.165, 1.54) is 22.3 Å². The van der Waals surface area contributed by atoms with E-state index in [-0.39, 0.29) is 0 Å². The van der Waals surface area contributed by atoms with Crippen LogP contribution in [0.2, 0.25) is 0 Å². The van der Waals surface area contributed by atoms with Gasteiger partial charge >= 0.3 is 0 Å². The second kappa shape index (κ2) is 13.8. The van der Waals surface area contributed by atoms with E-state index >= 15 is 0 Å². The Morgan fingerprint density at radius 1 is 0.288 bits per heavy atom. The molecule has 1 aromatic heterocycles. The summed E-state index contributed by atoms with van der Waals surface area (Å²) in [6.07, 6.45) is 0. The molecule has 9 rings (SSSR count). The Labute approximate surface area is 304 Å². The standard InChI is InChI=1S/C50H35NO/c1-4-13-36(14-5-1)38-23-28-44(29-24-38)51(46-21-12-20-41(33-46)37-15-6-2-7-16-37)45-30-25-39(26-31-45)42-27-32-47(40-17-8-3-9-18-40)48(34-42)50-35-43-19-10-11-22-49(43)52-50/h1-35H. The first-order valence-electron chi connectivity index (χ1n) is 17.7. The van der Waals surface area contributed by atoms with Crippen molar-refractivity contribution in [1.82, 2.24) is 0 Å². The predicted molar refractivity (Wildman–Crippen MR) is 218 cm³/mol. The Kier molecular flexibility index (Phi) is 8.24. The van der Waals surface area contributed by atoms with Gasteiger partial charge < -0.3 is 9.32 Å². The van der Waals surface area contributed by atoms with Crippen molar-refractivity contribution < 1.29 is 4.42 Å². The monoisotopic (exact) mass is 665 g/mol. The number of fused-ring (bicyclic) bond motifs is 1. The molecular formula is C50H35NO. The quantitative estimate of drug-likeness (QED) is 0.161. The highest BCUT2D eigenvalue weighted by molar-refractivity contribution is 5.91. The third-order valence-corrected chi connectivity index (χ3v) is 9.70. The van der Waals surface area contributed by atoms with E-state index in [0.717, 1.165) is 61.6 Å². The lowest BCUT2D eigenvalue weighted by Gasteiger charge is -2.26. The van der Waals surface area contributed by atoms with Crippen LogP contribution in [0.1, 0.15) is 0 Å². The van der Waals surface area contributed by atoms with Crippen LogP contribution in [0.3, 0.4) is 0 Å². The highest BCUT2D eigenvalue weighted by Gasteiger charge is 2.17. The van der Waals surface area contributed by atoms with Gasteiger partial charge in [-0.3, -0.25) is 0 Å². The van der Waals surface area contributed by atoms with Crippen molar-refractivity contribution >= 4 is 28.0 Å². The van der Waals surface area contributed by atoms with Crippen molar-refractivity contribution in [2.24, 2.45) is 0 Å². The minimum atomic E-state index is 0.863. The average Bonchev–Trinajstić information content (AvgIpc) is 3.67. The molecule has 0 saturated heterocycles. The second-order valence-corrected chi connectivity index (χ2v) is 13.0. The lowest BCUT2D eigenvalue weighted by molar-refractivity contribution is 0.632. The van der Waals surface area contributed by atoms with Crippen LogP contribution in [-0.4, -0.2) is 0 Å². The Hall–Kier alpha value is -6.90. The van der Waals surface area contributed by atoms with Crippen LogP contribution in [0, 0.1) is 0 Å². The van der Waals surface area contributed by atoms with Gasteiger partial charge in [0.05, 0.1) is 0 Å². The van der Waals surface area contributed by atoms with Gasteiger partial charge in [-0.15, -0.1) is 0 Å². The van der Waals surface area contributed by atoms with Crippen molar-refractivity contribution in [2.75, 3.05) is 4.90 Å². The first-order chi connectivity index (χ1) is 25.8. The molecule has 9 aromatic rings. The Balaban J connectivity index is 1.12. The minimum absolute atomic E-state index is 0.863. The zero-order valence-corrected chi connectivity index (χ0v) is 28.6. The Bertz CT molecular complexity index is 2560. The third-order valence-electron chi connectivity index (χ3n) is 9.70. The van der Waals surface area contributed by atoms with Crippen LogP contribution < -0.4 is 4.90 Å². The molecule has 0 radical (unpaired) electrons. The zero-order chi connectivity index (χ0) is 34.7. The largest absolute Gasteiger partial charge is 0.456 e. The van der Waals surface area contributed by atoms with E-state index in [4.69, 9.17) is 4.42 Å². The number of nitrogens with zero attached hydrogens (tertiary/aromatic N) is 1. The molecule has 52 heavy (non-hydrogen) atoms. The van der Waals surface area contributed by atoms with Gasteiger partial charge in [0.1, 0.15) is 11.3 Å². The van der Waals surface area contributed by atoms with Crippen LogP contribution in [0.4, 0.5) is 17.1 Å². The number of hydrogen-bond acceptors (Lipinski definition) is 2. The molecule has 0 spiro atoms. The van der Waals surface area contributed by atoms with Gasteiger partial charge in [0.25, 0.3) is 0 Å². The molecule has 0 aliphatic carbocycles. The summed E-state index contributed by atoms with van der Waals surface area (Å²) in [6.45, 7) is 0. The van der Waals surface area contributed by atoms with Crippen molar-refractivity contribution in [2.45, 2.75) is 0 Å². The molecule has 0 bridgehead atoms. The summed E-state index contributed by atoms with van der Waals surface area (Å²) < 4.78 is 6.43. The van der Waals surface area contributed by atoms with Gasteiger partial charge in [-0.1, -0.05) is 158 Å². The molecule has 246 valence electrons. The molecule has 0 aliphatic rings. The maximum Gasteiger partial charge on any atom is 0.136 e. The number of hydrogen-bond donors (Lipinski definition) is 0. The van der Waals surface area contributed by atoms with E-state index in [1.54, 1.807) is 0 Å². The molecule has 0 saturated carbocycles. The van der Waals surface area contributed by atoms with Crippen LogP contribution in [0.25, 0.3) is 66.8 Å². The molecule has 0 N–H and O–H groups in total. The molecule has 8 aromatic carbocycles. The number of benzene rings is 8. The highest BCUT2D eigenvalue weighted by Crippen LogP contribution is 2.41. The summed E-state index contributed by atoms with van der Waals surface area (Å²) in [6, 6.07) is 75.2. The fourth-order valence-electron chi connectivity index (χ4n) is 7.05. The van der Waals surface area contributed by atoms with E-state index < -0.39 is 0 Å². The van der Waals surface area contributed by atoms with Crippen LogP contribution in [0.15, 0.2) is 217 Å². The maximum atomic E-state index is 6.43.